The SMILES string of the molecule is C#CCSCCNc1ccc(C#N)c(C)c1. The highest BCUT2D eigenvalue weighted by atomic mass is 32.2. The molecular formula is C13H14N2S. The summed E-state index contributed by atoms with van der Waals surface area (Å²) in [6.07, 6.45) is 5.15. The van der Waals surface area contributed by atoms with Crippen LogP contribution in [0.5, 0.6) is 0 Å². The van der Waals surface area contributed by atoms with E-state index >= 15 is 0 Å². The lowest BCUT2D eigenvalue weighted by atomic mass is 10.1. The van der Waals surface area contributed by atoms with Crippen molar-refractivity contribution >= 4 is 17.4 Å². The predicted octanol–water partition coefficient (Wildman–Crippen LogP) is 2.65. The molecule has 82 valence electrons. The highest BCUT2D eigenvalue weighted by Crippen LogP contribution is 2.14. The van der Waals surface area contributed by atoms with Gasteiger partial charge in [0.05, 0.1) is 17.4 Å². The van der Waals surface area contributed by atoms with Gasteiger partial charge in [-0.05, 0) is 30.7 Å². The Labute approximate surface area is 101 Å². The zero-order valence-electron chi connectivity index (χ0n) is 9.29. The fraction of sp³-hybridized carbons (Fsp3) is 0.308. The van der Waals surface area contributed by atoms with Gasteiger partial charge in [0.2, 0.25) is 0 Å². The molecule has 0 atom stereocenters. The van der Waals surface area contributed by atoms with Crippen LogP contribution in [-0.4, -0.2) is 18.1 Å². The van der Waals surface area contributed by atoms with E-state index in [4.69, 9.17) is 11.7 Å². The molecule has 1 aromatic carbocycles. The lowest BCUT2D eigenvalue weighted by molar-refractivity contribution is 1.22. The molecule has 1 rings (SSSR count). The summed E-state index contributed by atoms with van der Waals surface area (Å²) in [7, 11) is 0. The van der Waals surface area contributed by atoms with Crippen molar-refractivity contribution in [3.05, 3.63) is 29.3 Å². The Morgan fingerprint density at radius 2 is 2.31 bits per heavy atom. The monoisotopic (exact) mass is 230 g/mol. The number of nitrogens with one attached hydrogen (secondary N) is 1. The number of benzene rings is 1. The molecule has 2 nitrogen and oxygen atoms in total. The van der Waals surface area contributed by atoms with Gasteiger partial charge in [0, 0.05) is 18.0 Å². The van der Waals surface area contributed by atoms with Gasteiger partial charge in [-0.3, -0.25) is 0 Å². The summed E-state index contributed by atoms with van der Waals surface area (Å²) in [5, 5.41) is 12.1. The normalized spacial score (nSPS) is 9.19. The lowest BCUT2D eigenvalue weighted by Gasteiger charge is -2.07. The van der Waals surface area contributed by atoms with Crippen LogP contribution in [0.3, 0.4) is 0 Å². The molecule has 0 radical (unpaired) electrons. The fourth-order valence-electron chi connectivity index (χ4n) is 1.30. The summed E-state index contributed by atoms with van der Waals surface area (Å²) in [5.41, 5.74) is 2.79. The molecule has 0 spiro atoms. The van der Waals surface area contributed by atoms with Gasteiger partial charge in [0.1, 0.15) is 0 Å². The van der Waals surface area contributed by atoms with Crippen molar-refractivity contribution in [1.82, 2.24) is 0 Å². The van der Waals surface area contributed by atoms with Gasteiger partial charge in [-0.15, -0.1) is 18.2 Å². The summed E-state index contributed by atoms with van der Waals surface area (Å²) >= 11 is 1.73. The van der Waals surface area contributed by atoms with Crippen molar-refractivity contribution < 1.29 is 0 Å². The number of hydrogen-bond donors (Lipinski definition) is 1. The first-order valence-corrected chi connectivity index (χ1v) is 6.19. The number of thioether (sulfide) groups is 1. The number of nitrogens with zero attached hydrogens (tertiary/aromatic N) is 1. The first kappa shape index (κ1) is 12.5. The number of hydrogen-bond acceptors (Lipinski definition) is 3. The van der Waals surface area contributed by atoms with E-state index in [0.29, 0.717) is 0 Å². The molecule has 0 aromatic heterocycles. The highest BCUT2D eigenvalue weighted by molar-refractivity contribution is 7.99. The molecule has 0 aliphatic rings. The van der Waals surface area contributed by atoms with Gasteiger partial charge in [-0.1, -0.05) is 5.92 Å². The third-order valence-electron chi connectivity index (χ3n) is 2.11. The van der Waals surface area contributed by atoms with E-state index in [2.05, 4.69) is 17.3 Å². The van der Waals surface area contributed by atoms with Crippen molar-refractivity contribution in [3.8, 4) is 18.4 Å². The molecule has 1 N–H and O–H groups in total. The first-order valence-electron chi connectivity index (χ1n) is 5.03. The molecular weight excluding hydrogens is 216 g/mol. The minimum atomic E-state index is 0.729. The lowest BCUT2D eigenvalue weighted by Crippen LogP contribution is -2.04. The molecule has 0 bridgehead atoms. The molecule has 16 heavy (non-hydrogen) atoms. The van der Waals surface area contributed by atoms with Gasteiger partial charge >= 0.3 is 0 Å². The minimum Gasteiger partial charge on any atom is -0.384 e. The minimum absolute atomic E-state index is 0.729. The van der Waals surface area contributed by atoms with Crippen molar-refractivity contribution in [2.75, 3.05) is 23.4 Å². The van der Waals surface area contributed by atoms with Crippen molar-refractivity contribution in [2.24, 2.45) is 0 Å². The number of anilines is 1. The zero-order chi connectivity index (χ0) is 11.8. The van der Waals surface area contributed by atoms with Crippen LogP contribution in [0.4, 0.5) is 5.69 Å². The molecule has 1 aromatic rings. The summed E-state index contributed by atoms with van der Waals surface area (Å²) in [6, 6.07) is 7.91. The van der Waals surface area contributed by atoms with E-state index < -0.39 is 0 Å². The number of nitriles is 1. The highest BCUT2D eigenvalue weighted by Gasteiger charge is 1.98. The maximum atomic E-state index is 8.79. The fourth-order valence-corrected chi connectivity index (χ4v) is 1.81. The van der Waals surface area contributed by atoms with Crippen LogP contribution in [0.15, 0.2) is 18.2 Å². The Morgan fingerprint density at radius 1 is 1.50 bits per heavy atom. The third-order valence-corrected chi connectivity index (χ3v) is 2.97. The maximum absolute atomic E-state index is 8.79. The van der Waals surface area contributed by atoms with E-state index in [1.165, 1.54) is 0 Å². The summed E-state index contributed by atoms with van der Waals surface area (Å²) in [4.78, 5) is 0. The molecule has 0 amide bonds. The molecule has 0 saturated heterocycles. The molecule has 0 aliphatic carbocycles. The molecule has 0 aliphatic heterocycles. The van der Waals surface area contributed by atoms with E-state index in [9.17, 15) is 0 Å². The van der Waals surface area contributed by atoms with Crippen LogP contribution in [-0.2, 0) is 0 Å². The molecule has 3 heteroatoms. The second-order valence-corrected chi connectivity index (χ2v) is 4.43. The zero-order valence-corrected chi connectivity index (χ0v) is 10.1. The molecule has 0 saturated carbocycles. The van der Waals surface area contributed by atoms with Gasteiger partial charge in [-0.25, -0.2) is 0 Å². The average molecular weight is 230 g/mol. The van der Waals surface area contributed by atoms with E-state index in [0.717, 1.165) is 34.9 Å². The van der Waals surface area contributed by atoms with Gasteiger partial charge < -0.3 is 5.32 Å². The van der Waals surface area contributed by atoms with Crippen LogP contribution >= 0.6 is 11.8 Å². The van der Waals surface area contributed by atoms with Crippen molar-refractivity contribution in [3.63, 3.8) is 0 Å². The predicted molar refractivity (Wildman–Crippen MR) is 70.5 cm³/mol. The Bertz CT molecular complexity index is 427. The molecule has 0 heterocycles. The van der Waals surface area contributed by atoms with Crippen molar-refractivity contribution in [1.29, 1.82) is 5.26 Å². The second-order valence-electron chi connectivity index (χ2n) is 3.32. The van der Waals surface area contributed by atoms with Crippen molar-refractivity contribution in [2.45, 2.75) is 6.92 Å². The molecule has 0 unspecified atom stereocenters. The van der Waals surface area contributed by atoms with E-state index in [1.54, 1.807) is 11.8 Å². The summed E-state index contributed by atoms with van der Waals surface area (Å²) in [6.45, 7) is 2.83. The van der Waals surface area contributed by atoms with Crippen LogP contribution in [0, 0.1) is 30.6 Å². The number of rotatable bonds is 5. The Kier molecular flexibility index (Phi) is 5.32. The van der Waals surface area contributed by atoms with E-state index in [-0.39, 0.29) is 0 Å². The number of aryl methyl sites for hydroxylation is 1. The van der Waals surface area contributed by atoms with Crippen LogP contribution < -0.4 is 5.32 Å². The standard InChI is InChI=1S/C13H14N2S/c1-3-7-16-8-6-15-13-5-4-12(10-14)11(2)9-13/h1,4-5,9,15H,6-8H2,2H3. The first-order chi connectivity index (χ1) is 7.77. The Morgan fingerprint density at radius 3 is 2.94 bits per heavy atom. The largest absolute Gasteiger partial charge is 0.384 e. The van der Waals surface area contributed by atoms with Crippen LogP contribution in [0.2, 0.25) is 0 Å². The van der Waals surface area contributed by atoms with Gasteiger partial charge in [0.25, 0.3) is 0 Å². The smallest absolute Gasteiger partial charge is 0.0994 e. The van der Waals surface area contributed by atoms with Crippen LogP contribution in [0.1, 0.15) is 11.1 Å². The second kappa shape index (κ2) is 6.82. The summed E-state index contributed by atoms with van der Waals surface area (Å²) < 4.78 is 0. The number of terminal acetylenes is 1. The average Bonchev–Trinajstić information content (AvgIpc) is 2.29. The van der Waals surface area contributed by atoms with Gasteiger partial charge in [-0.2, -0.15) is 5.26 Å². The molecule has 0 fully saturated rings. The van der Waals surface area contributed by atoms with Crippen LogP contribution in [0.25, 0.3) is 0 Å². The Hall–Kier alpha value is -1.58. The van der Waals surface area contributed by atoms with Gasteiger partial charge in [0.15, 0.2) is 0 Å². The third kappa shape index (κ3) is 3.88. The summed E-state index contributed by atoms with van der Waals surface area (Å²) in [5.74, 6) is 4.34. The topological polar surface area (TPSA) is 35.8 Å². The quantitative estimate of drug-likeness (QED) is 0.624. The van der Waals surface area contributed by atoms with E-state index in [1.807, 2.05) is 25.1 Å². The maximum Gasteiger partial charge on any atom is 0.0994 e. The Balaban J connectivity index is 2.41.